The van der Waals surface area contributed by atoms with Crippen molar-refractivity contribution >= 4 is 11.8 Å². The molecule has 21 heavy (non-hydrogen) atoms. The molecule has 4 aliphatic rings. The van der Waals surface area contributed by atoms with E-state index in [1.165, 1.54) is 51.5 Å². The zero-order chi connectivity index (χ0) is 14.4. The molecule has 3 heterocycles. The van der Waals surface area contributed by atoms with E-state index < -0.39 is 0 Å². The minimum atomic E-state index is -0.0468. The normalized spacial score (nSPS) is 41.5. The average molecular weight is 290 g/mol. The third kappa shape index (κ3) is 2.06. The number of imide groups is 1. The molecule has 4 rings (SSSR count). The fourth-order valence-electron chi connectivity index (χ4n) is 5.90. The second-order valence-corrected chi connectivity index (χ2v) is 7.64. The number of nitrogens with one attached hydrogen (secondary N) is 1. The second kappa shape index (κ2) is 5.08. The number of carbonyl (C=O) groups excluding carboxylic acids is 2. The van der Waals surface area contributed by atoms with Crippen LogP contribution in [-0.4, -0.2) is 35.8 Å². The van der Waals surface area contributed by atoms with Gasteiger partial charge in [0.1, 0.15) is 0 Å². The summed E-state index contributed by atoms with van der Waals surface area (Å²) in [6, 6.07) is 0.479. The molecule has 3 saturated heterocycles. The highest BCUT2D eigenvalue weighted by Crippen LogP contribution is 2.55. The quantitative estimate of drug-likeness (QED) is 0.752. The number of hydrogen-bond acceptors (Lipinski definition) is 3. The number of hydrogen-bond donors (Lipinski definition) is 1. The van der Waals surface area contributed by atoms with E-state index in [0.29, 0.717) is 18.4 Å². The topological polar surface area (TPSA) is 49.4 Å². The van der Waals surface area contributed by atoms with Crippen LogP contribution in [0.5, 0.6) is 0 Å². The predicted octanol–water partition coefficient (Wildman–Crippen LogP) is 2.08. The van der Waals surface area contributed by atoms with E-state index in [4.69, 9.17) is 0 Å². The summed E-state index contributed by atoms with van der Waals surface area (Å²) in [6.07, 6.45) is 10.2. The molecule has 0 aromatic heterocycles. The van der Waals surface area contributed by atoms with Gasteiger partial charge in [-0.1, -0.05) is 19.3 Å². The van der Waals surface area contributed by atoms with Gasteiger partial charge in [-0.05, 0) is 51.1 Å². The summed E-state index contributed by atoms with van der Waals surface area (Å²) in [5.41, 5.74) is -0.0468. The molecule has 3 aliphatic heterocycles. The molecule has 0 aromatic carbocycles. The third-order valence-electron chi connectivity index (χ3n) is 6.67. The van der Waals surface area contributed by atoms with Crippen molar-refractivity contribution < 1.29 is 9.59 Å². The van der Waals surface area contributed by atoms with Gasteiger partial charge in [0.2, 0.25) is 11.8 Å². The van der Waals surface area contributed by atoms with Gasteiger partial charge in [0.05, 0.1) is 0 Å². The summed E-state index contributed by atoms with van der Waals surface area (Å²) in [5.74, 6) is 0.623. The molecule has 1 spiro atoms. The minimum absolute atomic E-state index is 0.0262. The van der Waals surface area contributed by atoms with Crippen molar-refractivity contribution in [1.82, 2.24) is 10.2 Å². The van der Waals surface area contributed by atoms with E-state index in [1.54, 1.807) is 0 Å². The summed E-state index contributed by atoms with van der Waals surface area (Å²) in [6.45, 7) is 2.26. The lowest BCUT2D eigenvalue weighted by Gasteiger charge is -2.48. The van der Waals surface area contributed by atoms with Crippen LogP contribution >= 0.6 is 0 Å². The van der Waals surface area contributed by atoms with Crippen LogP contribution in [-0.2, 0) is 9.59 Å². The zero-order valence-electron chi connectivity index (χ0n) is 12.8. The smallest absolute Gasteiger partial charge is 0.230 e. The van der Waals surface area contributed by atoms with Gasteiger partial charge >= 0.3 is 0 Å². The molecule has 3 atom stereocenters. The summed E-state index contributed by atoms with van der Waals surface area (Å²) >= 11 is 0. The van der Waals surface area contributed by atoms with Gasteiger partial charge in [0.15, 0.2) is 0 Å². The summed E-state index contributed by atoms with van der Waals surface area (Å²) < 4.78 is 0. The van der Waals surface area contributed by atoms with Crippen LogP contribution in [0.2, 0.25) is 0 Å². The second-order valence-electron chi connectivity index (χ2n) is 7.64. The van der Waals surface area contributed by atoms with Crippen LogP contribution in [0.1, 0.15) is 57.8 Å². The summed E-state index contributed by atoms with van der Waals surface area (Å²) in [4.78, 5) is 27.4. The van der Waals surface area contributed by atoms with Crippen molar-refractivity contribution in [3.8, 4) is 0 Å². The van der Waals surface area contributed by atoms with Gasteiger partial charge in [-0.25, -0.2) is 0 Å². The standard InChI is InChI=1S/C17H26N2O2/c20-14-11-17(8-10-19-9-4-3-7-13(17)19)15(16(21)18-14)12-5-1-2-6-12/h12-13,15H,1-11H2,(H,18,20,21). The van der Waals surface area contributed by atoms with E-state index in [-0.39, 0.29) is 23.1 Å². The Balaban J connectivity index is 1.71. The number of amides is 2. The molecular formula is C17H26N2O2. The summed E-state index contributed by atoms with van der Waals surface area (Å²) in [7, 11) is 0. The van der Waals surface area contributed by atoms with E-state index in [0.717, 1.165) is 13.0 Å². The Labute approximate surface area is 126 Å². The monoisotopic (exact) mass is 290 g/mol. The van der Waals surface area contributed by atoms with Crippen LogP contribution < -0.4 is 5.32 Å². The Morgan fingerprint density at radius 3 is 2.57 bits per heavy atom. The number of carbonyl (C=O) groups is 2. The van der Waals surface area contributed by atoms with Crippen molar-refractivity contribution in [2.45, 2.75) is 63.8 Å². The fraction of sp³-hybridized carbons (Fsp3) is 0.882. The highest BCUT2D eigenvalue weighted by molar-refractivity contribution is 6.00. The molecule has 0 bridgehead atoms. The lowest BCUT2D eigenvalue weighted by Crippen LogP contribution is -2.59. The number of rotatable bonds is 1. The maximum atomic E-state index is 12.7. The zero-order valence-corrected chi connectivity index (χ0v) is 12.8. The van der Waals surface area contributed by atoms with Crippen molar-refractivity contribution in [3.63, 3.8) is 0 Å². The SMILES string of the molecule is O=C1CC2(CCN3CCCCC32)C(C2CCCC2)C(=O)N1. The maximum Gasteiger partial charge on any atom is 0.230 e. The van der Waals surface area contributed by atoms with Gasteiger partial charge in [-0.15, -0.1) is 0 Å². The number of piperidine rings is 2. The number of nitrogens with zero attached hydrogens (tertiary/aromatic N) is 1. The molecule has 4 nitrogen and oxygen atoms in total. The Bertz CT molecular complexity index is 458. The minimum Gasteiger partial charge on any atom is -0.300 e. The fourth-order valence-corrected chi connectivity index (χ4v) is 5.90. The molecule has 4 heteroatoms. The van der Waals surface area contributed by atoms with Gasteiger partial charge in [-0.3, -0.25) is 19.8 Å². The van der Waals surface area contributed by atoms with Crippen molar-refractivity contribution in [3.05, 3.63) is 0 Å². The first kappa shape index (κ1) is 13.7. The molecular weight excluding hydrogens is 264 g/mol. The van der Waals surface area contributed by atoms with E-state index in [1.807, 2.05) is 0 Å². The Kier molecular flexibility index (Phi) is 3.32. The Hall–Kier alpha value is -0.900. The lowest BCUT2D eigenvalue weighted by molar-refractivity contribution is -0.148. The van der Waals surface area contributed by atoms with Crippen molar-refractivity contribution in [2.24, 2.45) is 17.3 Å². The van der Waals surface area contributed by atoms with Gasteiger partial charge in [-0.2, -0.15) is 0 Å². The van der Waals surface area contributed by atoms with E-state index in [2.05, 4.69) is 10.2 Å². The third-order valence-corrected chi connectivity index (χ3v) is 6.67. The molecule has 0 aromatic rings. The van der Waals surface area contributed by atoms with Crippen LogP contribution in [0.15, 0.2) is 0 Å². The molecule has 116 valence electrons. The van der Waals surface area contributed by atoms with E-state index >= 15 is 0 Å². The van der Waals surface area contributed by atoms with Crippen LogP contribution in [0, 0.1) is 17.3 Å². The summed E-state index contributed by atoms with van der Waals surface area (Å²) in [5, 5.41) is 2.66. The van der Waals surface area contributed by atoms with E-state index in [9.17, 15) is 9.59 Å². The highest BCUT2D eigenvalue weighted by atomic mass is 16.2. The van der Waals surface area contributed by atoms with Gasteiger partial charge < -0.3 is 0 Å². The number of fused-ring (bicyclic) bond motifs is 2. The first-order valence-corrected chi connectivity index (χ1v) is 8.78. The molecule has 1 aliphatic carbocycles. The molecule has 1 saturated carbocycles. The first-order chi connectivity index (χ1) is 10.2. The molecule has 4 fully saturated rings. The first-order valence-electron chi connectivity index (χ1n) is 8.78. The van der Waals surface area contributed by atoms with Crippen LogP contribution in [0.3, 0.4) is 0 Å². The highest BCUT2D eigenvalue weighted by Gasteiger charge is 2.59. The van der Waals surface area contributed by atoms with Crippen molar-refractivity contribution in [2.75, 3.05) is 13.1 Å². The molecule has 1 N–H and O–H groups in total. The van der Waals surface area contributed by atoms with Crippen LogP contribution in [0.4, 0.5) is 0 Å². The Morgan fingerprint density at radius 1 is 1.00 bits per heavy atom. The maximum absolute atomic E-state index is 12.7. The molecule has 0 radical (unpaired) electrons. The largest absolute Gasteiger partial charge is 0.300 e. The molecule has 3 unspecified atom stereocenters. The average Bonchev–Trinajstić information content (AvgIpc) is 3.09. The Morgan fingerprint density at radius 2 is 1.76 bits per heavy atom. The van der Waals surface area contributed by atoms with Crippen molar-refractivity contribution in [1.29, 1.82) is 0 Å². The van der Waals surface area contributed by atoms with Gasteiger partial charge in [0.25, 0.3) is 0 Å². The molecule has 2 amide bonds. The lowest BCUT2D eigenvalue weighted by atomic mass is 9.59. The predicted molar refractivity (Wildman–Crippen MR) is 79.5 cm³/mol. The van der Waals surface area contributed by atoms with Crippen LogP contribution in [0.25, 0.3) is 0 Å². The van der Waals surface area contributed by atoms with Gasteiger partial charge in [0, 0.05) is 23.8 Å².